The second kappa shape index (κ2) is 15.8. The van der Waals surface area contributed by atoms with Crippen molar-refractivity contribution in [3.8, 4) is 0 Å². The van der Waals surface area contributed by atoms with Gasteiger partial charge in [-0.25, -0.2) is 0 Å². The summed E-state index contributed by atoms with van der Waals surface area (Å²) in [7, 11) is -3.14. The highest BCUT2D eigenvalue weighted by molar-refractivity contribution is 7.20. The second-order valence-corrected chi connectivity index (χ2v) is 18.7. The average molecular weight is 771 g/mol. The molecule has 0 spiro atoms. The van der Waals surface area contributed by atoms with E-state index in [-0.39, 0.29) is 0 Å². The van der Waals surface area contributed by atoms with E-state index in [1.165, 1.54) is 42.3 Å². The van der Waals surface area contributed by atoms with Gasteiger partial charge in [-0.2, -0.15) is 0 Å². The number of para-hydroxylation sites is 3. The molecule has 0 aliphatic rings. The van der Waals surface area contributed by atoms with Gasteiger partial charge in [0.1, 0.15) is 0 Å². The molecule has 0 N–H and O–H groups in total. The summed E-state index contributed by atoms with van der Waals surface area (Å²) < 4.78 is 0. The molecule has 0 saturated carbocycles. The first-order valence-electron chi connectivity index (χ1n) is 20.3. The molecule has 0 bridgehead atoms. The first-order valence-corrected chi connectivity index (χ1v) is 22.3. The highest BCUT2D eigenvalue weighted by atomic mass is 28.3. The molecule has 0 saturated heterocycles. The first-order chi connectivity index (χ1) is 29.3. The molecular weight excluding hydrogens is 729 g/mol. The summed E-state index contributed by atoms with van der Waals surface area (Å²) in [5.74, 6) is 0. The Balaban J connectivity index is 1.30. The van der Waals surface area contributed by atoms with Gasteiger partial charge in [0.05, 0.1) is 11.4 Å². The molecule has 0 heterocycles. The van der Waals surface area contributed by atoms with Gasteiger partial charge in [-0.05, 0) is 86.1 Å². The number of fused-ring (bicyclic) bond motifs is 2. The van der Waals surface area contributed by atoms with Crippen molar-refractivity contribution in [1.29, 1.82) is 0 Å². The van der Waals surface area contributed by atoms with Gasteiger partial charge < -0.3 is 9.80 Å². The van der Waals surface area contributed by atoms with Crippen LogP contribution >= 0.6 is 0 Å². The number of rotatable bonds is 10. The third-order valence-corrected chi connectivity index (χ3v) is 16.4. The number of benzene rings is 10. The molecule has 0 atom stereocenters. The second-order valence-electron chi connectivity index (χ2n) is 14.9. The van der Waals surface area contributed by atoms with Crippen LogP contribution in [0.5, 0.6) is 0 Å². The Morgan fingerprint density at radius 1 is 0.254 bits per heavy atom. The molecule has 0 aliphatic heterocycles. The molecule has 3 heteroatoms. The minimum absolute atomic E-state index is 1.11. The van der Waals surface area contributed by atoms with Crippen LogP contribution in [0, 0.1) is 0 Å². The molecule has 0 aliphatic carbocycles. The van der Waals surface area contributed by atoms with Crippen LogP contribution in [0.15, 0.2) is 255 Å². The van der Waals surface area contributed by atoms with Crippen molar-refractivity contribution in [2.45, 2.75) is 0 Å². The molecule has 10 aromatic carbocycles. The van der Waals surface area contributed by atoms with E-state index in [2.05, 4.69) is 265 Å². The summed E-state index contributed by atoms with van der Waals surface area (Å²) in [6, 6.07) is 93.4. The van der Waals surface area contributed by atoms with Crippen molar-refractivity contribution in [2.24, 2.45) is 0 Å². The molecule has 0 fully saturated rings. The number of hydrogen-bond acceptors (Lipinski definition) is 2. The van der Waals surface area contributed by atoms with Gasteiger partial charge in [-0.1, -0.05) is 200 Å². The monoisotopic (exact) mass is 770 g/mol. The maximum atomic E-state index is 2.49. The molecule has 0 aromatic heterocycles. The number of nitrogens with zero attached hydrogens (tertiary/aromatic N) is 2. The van der Waals surface area contributed by atoms with Crippen molar-refractivity contribution >= 4 is 84.5 Å². The maximum absolute atomic E-state index is 3.14. The van der Waals surface area contributed by atoms with E-state index in [1.54, 1.807) is 0 Å². The summed E-state index contributed by atoms with van der Waals surface area (Å²) in [6.07, 6.45) is 0. The van der Waals surface area contributed by atoms with Gasteiger partial charge in [-0.15, -0.1) is 0 Å². The van der Waals surface area contributed by atoms with Crippen LogP contribution in [0.1, 0.15) is 0 Å². The van der Waals surface area contributed by atoms with Crippen molar-refractivity contribution in [3.63, 3.8) is 0 Å². The Kier molecular flexibility index (Phi) is 9.63. The first kappa shape index (κ1) is 35.9. The lowest BCUT2D eigenvalue weighted by molar-refractivity contribution is 1.30. The van der Waals surface area contributed by atoms with E-state index in [9.17, 15) is 0 Å². The Bertz CT molecular complexity index is 2950. The minimum Gasteiger partial charge on any atom is -0.310 e. The standard InChI is InChI=1S/C56H42N2Si/c1-5-26-45(27-6-1)57(53-39-19-24-43-22-13-15-36-51(43)53)47-30-21-35-50(42-47)59(48-31-9-3-10-32-48,49-33-11-4-12-34-49)56-41-18-17-38-55(56)58(46-28-7-2-8-29-46)54-40-20-25-44-23-14-16-37-52(44)54/h1-42H. The summed E-state index contributed by atoms with van der Waals surface area (Å²) in [5, 5.41) is 10.1. The molecule has 0 unspecified atom stereocenters. The molecule has 59 heavy (non-hydrogen) atoms. The van der Waals surface area contributed by atoms with Crippen molar-refractivity contribution in [3.05, 3.63) is 255 Å². The SMILES string of the molecule is c1ccc(N(c2cccc([Si](c3ccccc3)(c3ccccc3)c3ccccc3N(c3ccccc3)c3cccc4ccccc34)c2)c2cccc3ccccc23)cc1. The van der Waals surface area contributed by atoms with E-state index >= 15 is 0 Å². The summed E-state index contributed by atoms with van der Waals surface area (Å²) >= 11 is 0. The number of anilines is 6. The minimum atomic E-state index is -3.14. The van der Waals surface area contributed by atoms with Gasteiger partial charge in [0.25, 0.3) is 0 Å². The predicted molar refractivity (Wildman–Crippen MR) is 254 cm³/mol. The van der Waals surface area contributed by atoms with Gasteiger partial charge in [0.2, 0.25) is 0 Å². The Morgan fingerprint density at radius 3 is 1.20 bits per heavy atom. The largest absolute Gasteiger partial charge is 0.310 e. The van der Waals surface area contributed by atoms with Crippen LogP contribution in [-0.2, 0) is 0 Å². The highest BCUT2D eigenvalue weighted by Gasteiger charge is 2.44. The summed E-state index contributed by atoms with van der Waals surface area (Å²) in [6.45, 7) is 0. The van der Waals surface area contributed by atoms with Gasteiger partial charge in [0.15, 0.2) is 8.07 Å². The van der Waals surface area contributed by atoms with E-state index in [0.717, 1.165) is 34.1 Å². The predicted octanol–water partition coefficient (Wildman–Crippen LogP) is 12.3. The molecule has 10 aromatic rings. The molecule has 10 rings (SSSR count). The van der Waals surface area contributed by atoms with Crippen LogP contribution in [-0.4, -0.2) is 8.07 Å². The molecule has 0 radical (unpaired) electrons. The van der Waals surface area contributed by atoms with Gasteiger partial charge in [0, 0.05) is 33.5 Å². The zero-order valence-electron chi connectivity index (χ0n) is 32.6. The Hall–Kier alpha value is -7.46. The topological polar surface area (TPSA) is 6.48 Å². The lowest BCUT2D eigenvalue weighted by Gasteiger charge is -2.39. The van der Waals surface area contributed by atoms with Crippen molar-refractivity contribution < 1.29 is 0 Å². The van der Waals surface area contributed by atoms with E-state index in [1.807, 2.05) is 0 Å². The zero-order chi connectivity index (χ0) is 39.4. The quantitative estimate of drug-likeness (QED) is 0.101. The van der Waals surface area contributed by atoms with E-state index in [0.29, 0.717) is 0 Å². The normalized spacial score (nSPS) is 11.4. The van der Waals surface area contributed by atoms with Crippen LogP contribution in [0.3, 0.4) is 0 Å². The van der Waals surface area contributed by atoms with Gasteiger partial charge >= 0.3 is 0 Å². The lowest BCUT2D eigenvalue weighted by atomic mass is 10.1. The Labute approximate surface area is 347 Å². The third-order valence-electron chi connectivity index (χ3n) is 11.5. The smallest absolute Gasteiger partial charge is 0.181 e. The van der Waals surface area contributed by atoms with Crippen LogP contribution < -0.4 is 30.5 Å². The van der Waals surface area contributed by atoms with E-state index < -0.39 is 8.07 Å². The molecule has 2 nitrogen and oxygen atoms in total. The molecule has 280 valence electrons. The fourth-order valence-electron chi connectivity index (χ4n) is 9.00. The van der Waals surface area contributed by atoms with Crippen LogP contribution in [0.2, 0.25) is 0 Å². The highest BCUT2D eigenvalue weighted by Crippen LogP contribution is 2.41. The fourth-order valence-corrected chi connectivity index (χ4v) is 14.0. The lowest BCUT2D eigenvalue weighted by Crippen LogP contribution is -2.75. The van der Waals surface area contributed by atoms with Crippen molar-refractivity contribution in [2.75, 3.05) is 9.80 Å². The average Bonchev–Trinajstić information content (AvgIpc) is 3.32. The summed E-state index contributed by atoms with van der Waals surface area (Å²) in [5.41, 5.74) is 6.78. The molecule has 0 amide bonds. The Morgan fingerprint density at radius 2 is 0.627 bits per heavy atom. The van der Waals surface area contributed by atoms with Gasteiger partial charge in [-0.3, -0.25) is 0 Å². The van der Waals surface area contributed by atoms with Crippen LogP contribution in [0.25, 0.3) is 21.5 Å². The zero-order valence-corrected chi connectivity index (χ0v) is 33.6. The maximum Gasteiger partial charge on any atom is 0.181 e. The van der Waals surface area contributed by atoms with E-state index in [4.69, 9.17) is 0 Å². The van der Waals surface area contributed by atoms with Crippen LogP contribution in [0.4, 0.5) is 34.1 Å². The number of hydrogen-bond donors (Lipinski definition) is 0. The fraction of sp³-hybridized carbons (Fsp3) is 0. The third kappa shape index (κ3) is 6.48. The summed E-state index contributed by atoms with van der Waals surface area (Å²) in [4.78, 5) is 4.92. The van der Waals surface area contributed by atoms with Crippen molar-refractivity contribution in [1.82, 2.24) is 0 Å². The molecular formula is C56H42N2Si.